The van der Waals surface area contributed by atoms with Gasteiger partial charge in [0.05, 0.1) is 10.7 Å². The summed E-state index contributed by atoms with van der Waals surface area (Å²) in [5.41, 5.74) is 2.28. The molecule has 0 spiro atoms. The van der Waals surface area contributed by atoms with Gasteiger partial charge in [0, 0.05) is 27.9 Å². The van der Waals surface area contributed by atoms with Gasteiger partial charge < -0.3 is 5.32 Å². The highest BCUT2D eigenvalue weighted by Crippen LogP contribution is 2.27. The molecular weight excluding hydrogens is 323 g/mol. The first kappa shape index (κ1) is 16.8. The third-order valence-corrected chi connectivity index (χ3v) is 4.80. The van der Waals surface area contributed by atoms with Crippen molar-refractivity contribution in [2.24, 2.45) is 5.92 Å². The highest BCUT2D eigenvalue weighted by atomic mass is 35.5. The molecule has 1 aromatic carbocycles. The van der Waals surface area contributed by atoms with Crippen LogP contribution >= 0.6 is 34.5 Å². The molecule has 2 aromatic rings. The largest absolute Gasteiger partial charge is 0.315 e. The van der Waals surface area contributed by atoms with E-state index < -0.39 is 0 Å². The fraction of sp³-hybridized carbons (Fsp3) is 0.438. The van der Waals surface area contributed by atoms with E-state index in [1.165, 1.54) is 10.6 Å². The lowest BCUT2D eigenvalue weighted by molar-refractivity contribution is 0.629. The smallest absolute Gasteiger partial charge is 0.0975 e. The number of thiazole rings is 1. The van der Waals surface area contributed by atoms with Crippen LogP contribution in [-0.2, 0) is 19.4 Å². The Hall–Kier alpha value is -0.610. The molecule has 0 aliphatic carbocycles. The number of aromatic nitrogens is 1. The highest BCUT2D eigenvalue weighted by molar-refractivity contribution is 7.11. The molecule has 1 heterocycles. The second kappa shape index (κ2) is 7.59. The topological polar surface area (TPSA) is 24.9 Å². The molecule has 2 rings (SSSR count). The van der Waals surface area contributed by atoms with Crippen molar-refractivity contribution in [2.45, 2.75) is 33.2 Å². The number of nitrogens with zero attached hydrogens (tertiary/aromatic N) is 1. The lowest BCUT2D eigenvalue weighted by atomic mass is 10.1. The molecule has 1 aromatic heterocycles. The van der Waals surface area contributed by atoms with Crippen molar-refractivity contribution in [1.29, 1.82) is 0 Å². The molecule has 5 heteroatoms. The SMILES string of the molecule is CNCc1sc(Cc2ccc(Cl)cc2Cl)nc1CC(C)C. The minimum absolute atomic E-state index is 0.606. The Labute approximate surface area is 140 Å². The van der Waals surface area contributed by atoms with E-state index in [1.807, 2.05) is 19.2 Å². The van der Waals surface area contributed by atoms with Crippen molar-refractivity contribution in [3.63, 3.8) is 0 Å². The van der Waals surface area contributed by atoms with Crippen molar-refractivity contribution in [2.75, 3.05) is 7.05 Å². The molecule has 114 valence electrons. The number of hydrogen-bond acceptors (Lipinski definition) is 3. The summed E-state index contributed by atoms with van der Waals surface area (Å²) < 4.78 is 0. The van der Waals surface area contributed by atoms with Crippen LogP contribution in [0, 0.1) is 5.92 Å². The molecule has 0 radical (unpaired) electrons. The average molecular weight is 343 g/mol. The Balaban J connectivity index is 2.23. The summed E-state index contributed by atoms with van der Waals surface area (Å²) in [7, 11) is 1.97. The van der Waals surface area contributed by atoms with E-state index in [4.69, 9.17) is 28.2 Å². The van der Waals surface area contributed by atoms with Crippen LogP contribution in [0.3, 0.4) is 0 Å². The maximum Gasteiger partial charge on any atom is 0.0975 e. The maximum absolute atomic E-state index is 6.25. The third kappa shape index (κ3) is 4.68. The minimum atomic E-state index is 0.606. The molecule has 0 atom stereocenters. The van der Waals surface area contributed by atoms with Crippen molar-refractivity contribution in [1.82, 2.24) is 10.3 Å². The van der Waals surface area contributed by atoms with Crippen molar-refractivity contribution in [3.8, 4) is 0 Å². The molecule has 0 amide bonds. The molecule has 0 saturated heterocycles. The number of halogens is 2. The van der Waals surface area contributed by atoms with Crippen LogP contribution < -0.4 is 5.32 Å². The first-order valence-corrected chi connectivity index (χ1v) is 8.62. The molecule has 0 bridgehead atoms. The first-order valence-electron chi connectivity index (χ1n) is 7.05. The fourth-order valence-corrected chi connectivity index (χ4v) is 3.79. The monoisotopic (exact) mass is 342 g/mol. The van der Waals surface area contributed by atoms with Crippen LogP contribution in [0.4, 0.5) is 0 Å². The van der Waals surface area contributed by atoms with E-state index >= 15 is 0 Å². The number of nitrogens with one attached hydrogen (secondary N) is 1. The summed E-state index contributed by atoms with van der Waals surface area (Å²) in [4.78, 5) is 6.14. The molecule has 0 fully saturated rings. The number of benzene rings is 1. The van der Waals surface area contributed by atoms with Gasteiger partial charge in [-0.25, -0.2) is 4.98 Å². The van der Waals surface area contributed by atoms with Gasteiger partial charge in [-0.15, -0.1) is 11.3 Å². The molecule has 21 heavy (non-hydrogen) atoms. The summed E-state index contributed by atoms with van der Waals surface area (Å²) in [5, 5.41) is 5.70. The van der Waals surface area contributed by atoms with Gasteiger partial charge >= 0.3 is 0 Å². The van der Waals surface area contributed by atoms with Crippen molar-refractivity contribution < 1.29 is 0 Å². The standard InChI is InChI=1S/C16H20Cl2N2S/c1-10(2)6-14-15(9-19-3)21-16(20-14)7-11-4-5-12(17)8-13(11)18/h4-5,8,10,19H,6-7,9H2,1-3H3. The zero-order chi connectivity index (χ0) is 15.4. The zero-order valence-electron chi connectivity index (χ0n) is 12.5. The van der Waals surface area contributed by atoms with Gasteiger partial charge in [-0.1, -0.05) is 43.1 Å². The second-order valence-corrected chi connectivity index (χ2v) is 7.53. The summed E-state index contributed by atoms with van der Waals surface area (Å²) in [6, 6.07) is 5.64. The van der Waals surface area contributed by atoms with Crippen LogP contribution in [0.2, 0.25) is 10.0 Å². The van der Waals surface area contributed by atoms with E-state index in [9.17, 15) is 0 Å². The Kier molecular flexibility index (Phi) is 6.06. The lowest BCUT2D eigenvalue weighted by Gasteiger charge is -2.04. The normalized spacial score (nSPS) is 11.3. The van der Waals surface area contributed by atoms with E-state index in [0.717, 1.165) is 30.0 Å². The summed E-state index contributed by atoms with van der Waals surface area (Å²) >= 11 is 14.0. The van der Waals surface area contributed by atoms with Crippen LogP contribution in [0.5, 0.6) is 0 Å². The Morgan fingerprint density at radius 3 is 2.67 bits per heavy atom. The van der Waals surface area contributed by atoms with Crippen LogP contribution in [0.15, 0.2) is 18.2 Å². The Bertz CT molecular complexity index is 608. The lowest BCUT2D eigenvalue weighted by Crippen LogP contribution is -2.07. The van der Waals surface area contributed by atoms with Crippen LogP contribution in [0.25, 0.3) is 0 Å². The quantitative estimate of drug-likeness (QED) is 0.802. The van der Waals surface area contributed by atoms with Gasteiger partial charge in [0.2, 0.25) is 0 Å². The van der Waals surface area contributed by atoms with Gasteiger partial charge in [0.25, 0.3) is 0 Å². The first-order chi connectivity index (χ1) is 9.99. The van der Waals surface area contributed by atoms with E-state index in [0.29, 0.717) is 16.0 Å². The highest BCUT2D eigenvalue weighted by Gasteiger charge is 2.13. The van der Waals surface area contributed by atoms with E-state index in [1.54, 1.807) is 17.4 Å². The Morgan fingerprint density at radius 1 is 1.29 bits per heavy atom. The predicted molar refractivity (Wildman–Crippen MR) is 92.7 cm³/mol. The van der Waals surface area contributed by atoms with E-state index in [2.05, 4.69) is 19.2 Å². The van der Waals surface area contributed by atoms with Gasteiger partial charge in [-0.05, 0) is 37.1 Å². The van der Waals surface area contributed by atoms with Crippen LogP contribution in [-0.4, -0.2) is 12.0 Å². The van der Waals surface area contributed by atoms with Crippen molar-refractivity contribution >= 4 is 34.5 Å². The van der Waals surface area contributed by atoms with E-state index in [-0.39, 0.29) is 0 Å². The predicted octanol–water partition coefficient (Wildman–Crippen LogP) is 4.96. The molecule has 1 N–H and O–H groups in total. The summed E-state index contributed by atoms with van der Waals surface area (Å²) in [5.74, 6) is 0.606. The zero-order valence-corrected chi connectivity index (χ0v) is 14.9. The molecule has 0 aliphatic rings. The van der Waals surface area contributed by atoms with Gasteiger partial charge in [0.1, 0.15) is 0 Å². The molecule has 2 nitrogen and oxygen atoms in total. The Morgan fingerprint density at radius 2 is 2.05 bits per heavy atom. The minimum Gasteiger partial charge on any atom is -0.315 e. The molecular formula is C16H20Cl2N2S. The molecule has 0 aliphatic heterocycles. The molecule has 0 saturated carbocycles. The van der Waals surface area contributed by atoms with Crippen molar-refractivity contribution in [3.05, 3.63) is 49.4 Å². The fourth-order valence-electron chi connectivity index (χ4n) is 2.19. The third-order valence-electron chi connectivity index (χ3n) is 3.12. The summed E-state index contributed by atoms with van der Waals surface area (Å²) in [6.07, 6.45) is 1.78. The number of rotatable bonds is 6. The van der Waals surface area contributed by atoms with Gasteiger partial charge in [0.15, 0.2) is 0 Å². The second-order valence-electron chi connectivity index (χ2n) is 5.52. The maximum atomic E-state index is 6.25. The van der Waals surface area contributed by atoms with Gasteiger partial charge in [-0.2, -0.15) is 0 Å². The van der Waals surface area contributed by atoms with Gasteiger partial charge in [-0.3, -0.25) is 0 Å². The van der Waals surface area contributed by atoms with Crippen LogP contribution in [0.1, 0.15) is 35.0 Å². The molecule has 0 unspecified atom stereocenters. The average Bonchev–Trinajstić information content (AvgIpc) is 2.75. The summed E-state index contributed by atoms with van der Waals surface area (Å²) in [6.45, 7) is 5.31. The number of hydrogen-bond donors (Lipinski definition) is 1.